The highest BCUT2D eigenvalue weighted by atomic mass is 19.1. The van der Waals surface area contributed by atoms with Crippen molar-refractivity contribution in [3.05, 3.63) is 83.4 Å². The Morgan fingerprint density at radius 1 is 0.976 bits per heavy atom. The van der Waals surface area contributed by atoms with Gasteiger partial charge in [-0.2, -0.15) is 5.10 Å². The van der Waals surface area contributed by atoms with Gasteiger partial charge in [0.15, 0.2) is 0 Å². The van der Waals surface area contributed by atoms with Crippen LogP contribution in [0.2, 0.25) is 0 Å². The second-order valence-corrected chi connectivity index (χ2v) is 10.8. The van der Waals surface area contributed by atoms with Crippen LogP contribution < -0.4 is 26.0 Å². The number of urea groups is 1. The van der Waals surface area contributed by atoms with Crippen LogP contribution in [0.3, 0.4) is 0 Å². The van der Waals surface area contributed by atoms with E-state index >= 15 is 0 Å². The first-order valence-electron chi connectivity index (χ1n) is 13.3. The molecular formula is C30H32FN7O3. The van der Waals surface area contributed by atoms with Gasteiger partial charge in [-0.05, 0) is 54.4 Å². The number of carbonyl (C=O) groups is 2. The lowest BCUT2D eigenvalue weighted by Gasteiger charge is -2.18. The van der Waals surface area contributed by atoms with Crippen molar-refractivity contribution >= 4 is 29.3 Å². The number of rotatable bonds is 6. The molecule has 0 radical (unpaired) electrons. The van der Waals surface area contributed by atoms with Gasteiger partial charge < -0.3 is 20.7 Å². The number of amides is 3. The quantitative estimate of drug-likeness (QED) is 0.240. The number of ether oxygens (including phenoxy) is 1. The molecule has 0 saturated carbocycles. The Morgan fingerprint density at radius 3 is 2.54 bits per heavy atom. The molecule has 41 heavy (non-hydrogen) atoms. The third kappa shape index (κ3) is 6.69. The molecule has 0 fully saturated rings. The molecule has 2 aromatic carbocycles. The first-order valence-corrected chi connectivity index (χ1v) is 13.3. The predicted molar refractivity (Wildman–Crippen MR) is 155 cm³/mol. The molecule has 1 aliphatic rings. The van der Waals surface area contributed by atoms with E-state index < -0.39 is 11.8 Å². The fourth-order valence-corrected chi connectivity index (χ4v) is 4.42. The fourth-order valence-electron chi connectivity index (χ4n) is 4.42. The summed E-state index contributed by atoms with van der Waals surface area (Å²) in [5.41, 5.74) is 3.85. The van der Waals surface area contributed by atoms with Gasteiger partial charge in [0.1, 0.15) is 29.0 Å². The Bertz CT molecular complexity index is 1610. The number of aromatic nitrogens is 3. The second kappa shape index (κ2) is 11.4. The number of halogens is 1. The van der Waals surface area contributed by atoms with Gasteiger partial charge in [-0.25, -0.2) is 18.9 Å². The highest BCUT2D eigenvalue weighted by molar-refractivity contribution is 5.99. The largest absolute Gasteiger partial charge is 0.457 e. The van der Waals surface area contributed by atoms with Gasteiger partial charge in [-0.1, -0.05) is 26.8 Å². The molecule has 0 saturated heterocycles. The molecule has 4 aromatic rings. The maximum Gasteiger partial charge on any atom is 0.324 e. The smallest absolute Gasteiger partial charge is 0.324 e. The monoisotopic (exact) mass is 557 g/mol. The van der Waals surface area contributed by atoms with Crippen molar-refractivity contribution in [3.8, 4) is 17.2 Å². The second-order valence-electron chi connectivity index (χ2n) is 10.8. The molecule has 0 bridgehead atoms. The SMILES string of the molecule is CC(=O)Nc1cc(Oc2ccc(NC(=O)Nc3cc(C(C)(C)C)nn3-c3ccc4c(c3)CCNC4)c(F)c2)ccn1. The summed E-state index contributed by atoms with van der Waals surface area (Å²) in [4.78, 5) is 28.3. The zero-order valence-electron chi connectivity index (χ0n) is 23.3. The van der Waals surface area contributed by atoms with Crippen LogP contribution >= 0.6 is 0 Å². The van der Waals surface area contributed by atoms with E-state index in [-0.39, 0.29) is 22.8 Å². The minimum absolute atomic E-state index is 0.0214. The Hall–Kier alpha value is -4.77. The van der Waals surface area contributed by atoms with Crippen LogP contribution in [0.4, 0.5) is 26.5 Å². The lowest BCUT2D eigenvalue weighted by Crippen LogP contribution is -2.24. The summed E-state index contributed by atoms with van der Waals surface area (Å²) in [7, 11) is 0. The van der Waals surface area contributed by atoms with Crippen LogP contribution in [0.25, 0.3) is 5.69 Å². The van der Waals surface area contributed by atoms with Gasteiger partial charge in [0.2, 0.25) is 5.91 Å². The van der Waals surface area contributed by atoms with Crippen molar-refractivity contribution in [2.24, 2.45) is 0 Å². The lowest BCUT2D eigenvalue weighted by atomic mass is 9.92. The number of hydrogen-bond acceptors (Lipinski definition) is 6. The number of anilines is 3. The van der Waals surface area contributed by atoms with Crippen molar-refractivity contribution in [1.82, 2.24) is 20.1 Å². The molecule has 0 aliphatic carbocycles. The fraction of sp³-hybridized carbons (Fsp3) is 0.267. The van der Waals surface area contributed by atoms with Gasteiger partial charge in [-0.15, -0.1) is 0 Å². The Balaban J connectivity index is 1.32. The average Bonchev–Trinajstić information content (AvgIpc) is 3.34. The van der Waals surface area contributed by atoms with E-state index in [4.69, 9.17) is 9.84 Å². The third-order valence-electron chi connectivity index (χ3n) is 6.50. The van der Waals surface area contributed by atoms with E-state index in [0.717, 1.165) is 37.0 Å². The van der Waals surface area contributed by atoms with Gasteiger partial charge in [-0.3, -0.25) is 10.1 Å². The molecule has 2 aromatic heterocycles. The highest BCUT2D eigenvalue weighted by Crippen LogP contribution is 2.29. The Labute approximate surface area is 237 Å². The number of nitrogens with one attached hydrogen (secondary N) is 4. The summed E-state index contributed by atoms with van der Waals surface area (Å²) in [5, 5.41) is 16.1. The van der Waals surface area contributed by atoms with E-state index in [1.165, 1.54) is 42.4 Å². The average molecular weight is 558 g/mol. The number of benzene rings is 2. The molecule has 0 atom stereocenters. The zero-order valence-corrected chi connectivity index (χ0v) is 23.3. The Kier molecular flexibility index (Phi) is 7.71. The number of hydrogen-bond donors (Lipinski definition) is 4. The predicted octanol–water partition coefficient (Wildman–Crippen LogP) is 5.74. The summed E-state index contributed by atoms with van der Waals surface area (Å²) in [6, 6.07) is 14.6. The topological polar surface area (TPSA) is 122 Å². The maximum atomic E-state index is 15.0. The summed E-state index contributed by atoms with van der Waals surface area (Å²) in [6.45, 7) is 9.25. The van der Waals surface area contributed by atoms with Crippen LogP contribution in [0.5, 0.6) is 11.5 Å². The van der Waals surface area contributed by atoms with Gasteiger partial charge in [0.25, 0.3) is 0 Å². The van der Waals surface area contributed by atoms with Crippen molar-refractivity contribution in [3.63, 3.8) is 0 Å². The van der Waals surface area contributed by atoms with Crippen molar-refractivity contribution in [2.45, 2.75) is 46.1 Å². The van der Waals surface area contributed by atoms with Crippen molar-refractivity contribution in [2.75, 3.05) is 22.5 Å². The molecule has 0 spiro atoms. The molecular weight excluding hydrogens is 525 g/mol. The van der Waals surface area contributed by atoms with Gasteiger partial charge in [0, 0.05) is 43.3 Å². The van der Waals surface area contributed by atoms with Crippen LogP contribution in [-0.4, -0.2) is 33.2 Å². The molecule has 1 aliphatic heterocycles. The number of fused-ring (bicyclic) bond motifs is 1. The van der Waals surface area contributed by atoms with Gasteiger partial charge >= 0.3 is 6.03 Å². The van der Waals surface area contributed by atoms with Crippen LogP contribution in [-0.2, 0) is 23.2 Å². The summed E-state index contributed by atoms with van der Waals surface area (Å²) in [5.74, 6) is 0.404. The molecule has 3 amide bonds. The standard InChI is InChI=1S/C30H32FN7O3/c1-18(39)34-27-15-23(10-12-33-27)41-22-7-8-25(24(31)14-22)35-29(40)36-28-16-26(30(2,3)4)37-38(28)21-6-5-20-17-32-11-9-19(20)13-21/h5-8,10,12-16,32H,9,11,17H2,1-4H3,(H,33,34,39)(H2,35,36,40). The first kappa shape index (κ1) is 27.8. The molecule has 10 nitrogen and oxygen atoms in total. The highest BCUT2D eigenvalue weighted by Gasteiger charge is 2.22. The van der Waals surface area contributed by atoms with E-state index in [2.05, 4.69) is 38.4 Å². The van der Waals surface area contributed by atoms with E-state index in [9.17, 15) is 14.0 Å². The van der Waals surface area contributed by atoms with E-state index in [1.807, 2.05) is 32.9 Å². The van der Waals surface area contributed by atoms with Crippen LogP contribution in [0, 0.1) is 5.82 Å². The first-order chi connectivity index (χ1) is 19.5. The number of pyridine rings is 1. The van der Waals surface area contributed by atoms with Crippen molar-refractivity contribution in [1.29, 1.82) is 0 Å². The van der Waals surface area contributed by atoms with E-state index in [0.29, 0.717) is 17.4 Å². The zero-order chi connectivity index (χ0) is 29.1. The minimum atomic E-state index is -0.680. The number of carbonyl (C=O) groups excluding carboxylic acids is 2. The lowest BCUT2D eigenvalue weighted by molar-refractivity contribution is -0.114. The van der Waals surface area contributed by atoms with Crippen LogP contribution in [0.1, 0.15) is 44.5 Å². The Morgan fingerprint density at radius 2 is 1.78 bits per heavy atom. The van der Waals surface area contributed by atoms with Crippen LogP contribution in [0.15, 0.2) is 60.8 Å². The minimum Gasteiger partial charge on any atom is -0.457 e. The molecule has 5 rings (SSSR count). The number of nitrogens with zero attached hydrogens (tertiary/aromatic N) is 3. The summed E-state index contributed by atoms with van der Waals surface area (Å²) in [6.07, 6.45) is 2.38. The molecule has 4 N–H and O–H groups in total. The third-order valence-corrected chi connectivity index (χ3v) is 6.50. The maximum absolute atomic E-state index is 15.0. The van der Waals surface area contributed by atoms with Crippen molar-refractivity contribution < 1.29 is 18.7 Å². The molecule has 0 unspecified atom stereocenters. The molecule has 11 heteroatoms. The normalized spacial score (nSPS) is 12.8. The van der Waals surface area contributed by atoms with E-state index in [1.54, 1.807) is 10.7 Å². The summed E-state index contributed by atoms with van der Waals surface area (Å²) >= 11 is 0. The summed E-state index contributed by atoms with van der Waals surface area (Å²) < 4.78 is 22.4. The molecule has 3 heterocycles. The molecule has 212 valence electrons. The van der Waals surface area contributed by atoms with Gasteiger partial charge in [0.05, 0.1) is 17.1 Å².